The SMILES string of the molecule is CCOC(=O)c1cccc(N)c1N(C)C1CCCCCC1. The molecule has 0 unspecified atom stereocenters. The van der Waals surface area contributed by atoms with Crippen molar-refractivity contribution in [2.24, 2.45) is 0 Å². The second-order valence-corrected chi connectivity index (χ2v) is 5.72. The summed E-state index contributed by atoms with van der Waals surface area (Å²) in [5.74, 6) is -0.291. The zero-order valence-electron chi connectivity index (χ0n) is 13.1. The number of nitrogens with two attached hydrogens (primary N) is 1. The molecule has 116 valence electrons. The Kier molecular flexibility index (Phi) is 5.48. The van der Waals surface area contributed by atoms with Crippen LogP contribution in [0.25, 0.3) is 0 Å². The average molecular weight is 290 g/mol. The molecule has 2 N–H and O–H groups in total. The summed E-state index contributed by atoms with van der Waals surface area (Å²) < 4.78 is 5.16. The Morgan fingerprint density at radius 3 is 2.57 bits per heavy atom. The minimum atomic E-state index is -0.291. The maximum Gasteiger partial charge on any atom is 0.340 e. The molecule has 4 heteroatoms. The zero-order chi connectivity index (χ0) is 15.2. The number of esters is 1. The normalized spacial score (nSPS) is 16.3. The second-order valence-electron chi connectivity index (χ2n) is 5.72. The van der Waals surface area contributed by atoms with Crippen LogP contribution < -0.4 is 10.6 Å². The van der Waals surface area contributed by atoms with Crippen molar-refractivity contribution in [1.29, 1.82) is 0 Å². The highest BCUT2D eigenvalue weighted by molar-refractivity contribution is 5.99. The van der Waals surface area contributed by atoms with E-state index in [1.54, 1.807) is 6.07 Å². The minimum absolute atomic E-state index is 0.291. The third kappa shape index (κ3) is 3.69. The number of hydrogen-bond donors (Lipinski definition) is 1. The molecule has 2 rings (SSSR count). The molecule has 0 radical (unpaired) electrons. The van der Waals surface area contributed by atoms with Gasteiger partial charge in [0.05, 0.1) is 23.5 Å². The van der Waals surface area contributed by atoms with Gasteiger partial charge in [-0.25, -0.2) is 4.79 Å². The van der Waals surface area contributed by atoms with Gasteiger partial charge in [0.15, 0.2) is 0 Å². The van der Waals surface area contributed by atoms with Crippen LogP contribution in [0.2, 0.25) is 0 Å². The molecule has 21 heavy (non-hydrogen) atoms. The lowest BCUT2D eigenvalue weighted by Crippen LogP contribution is -2.33. The third-order valence-electron chi connectivity index (χ3n) is 4.29. The lowest BCUT2D eigenvalue weighted by atomic mass is 10.0. The highest BCUT2D eigenvalue weighted by atomic mass is 16.5. The van der Waals surface area contributed by atoms with Gasteiger partial charge in [-0.3, -0.25) is 0 Å². The van der Waals surface area contributed by atoms with Gasteiger partial charge in [0.1, 0.15) is 0 Å². The highest BCUT2D eigenvalue weighted by Crippen LogP contribution is 2.32. The molecule has 1 aromatic rings. The lowest BCUT2D eigenvalue weighted by Gasteiger charge is -2.31. The van der Waals surface area contributed by atoms with Crippen molar-refractivity contribution in [2.75, 3.05) is 24.3 Å². The average Bonchev–Trinajstić information content (AvgIpc) is 2.75. The Morgan fingerprint density at radius 1 is 1.29 bits per heavy atom. The van der Waals surface area contributed by atoms with Gasteiger partial charge in [-0.2, -0.15) is 0 Å². The van der Waals surface area contributed by atoms with E-state index in [2.05, 4.69) is 4.90 Å². The van der Waals surface area contributed by atoms with Crippen LogP contribution in [0.15, 0.2) is 18.2 Å². The number of nitrogens with zero attached hydrogens (tertiary/aromatic N) is 1. The summed E-state index contributed by atoms with van der Waals surface area (Å²) in [5.41, 5.74) is 8.19. The summed E-state index contributed by atoms with van der Waals surface area (Å²) in [7, 11) is 2.05. The number of nitrogen functional groups attached to an aromatic ring is 1. The van der Waals surface area contributed by atoms with Crippen LogP contribution in [-0.2, 0) is 4.74 Å². The Balaban J connectivity index is 2.30. The van der Waals surface area contributed by atoms with E-state index in [0.29, 0.717) is 23.9 Å². The van der Waals surface area contributed by atoms with Gasteiger partial charge >= 0.3 is 5.97 Å². The summed E-state index contributed by atoms with van der Waals surface area (Å²) in [4.78, 5) is 14.4. The van der Waals surface area contributed by atoms with E-state index in [-0.39, 0.29) is 5.97 Å². The van der Waals surface area contributed by atoms with Crippen molar-refractivity contribution in [3.63, 3.8) is 0 Å². The molecule has 0 amide bonds. The first-order chi connectivity index (χ1) is 10.1. The fourth-order valence-corrected chi connectivity index (χ4v) is 3.16. The van der Waals surface area contributed by atoms with Crippen LogP contribution in [0.4, 0.5) is 11.4 Å². The number of para-hydroxylation sites is 1. The molecule has 4 nitrogen and oxygen atoms in total. The molecular formula is C17H26N2O2. The number of hydrogen-bond acceptors (Lipinski definition) is 4. The van der Waals surface area contributed by atoms with E-state index < -0.39 is 0 Å². The van der Waals surface area contributed by atoms with Crippen LogP contribution in [0.1, 0.15) is 55.8 Å². The molecule has 0 heterocycles. The molecule has 1 saturated carbocycles. The van der Waals surface area contributed by atoms with E-state index in [4.69, 9.17) is 10.5 Å². The van der Waals surface area contributed by atoms with Crippen molar-refractivity contribution < 1.29 is 9.53 Å². The predicted molar refractivity (Wildman–Crippen MR) is 86.7 cm³/mol. The largest absolute Gasteiger partial charge is 0.462 e. The number of ether oxygens (including phenoxy) is 1. The summed E-state index contributed by atoms with van der Waals surface area (Å²) in [6.07, 6.45) is 7.42. The minimum Gasteiger partial charge on any atom is -0.462 e. The lowest BCUT2D eigenvalue weighted by molar-refractivity contribution is 0.0527. The van der Waals surface area contributed by atoms with Gasteiger partial charge in [-0.1, -0.05) is 31.7 Å². The Bertz CT molecular complexity index is 480. The first-order valence-corrected chi connectivity index (χ1v) is 7.93. The Morgan fingerprint density at radius 2 is 1.95 bits per heavy atom. The number of anilines is 2. The monoisotopic (exact) mass is 290 g/mol. The highest BCUT2D eigenvalue weighted by Gasteiger charge is 2.24. The maximum absolute atomic E-state index is 12.2. The second kappa shape index (κ2) is 7.34. The van der Waals surface area contributed by atoms with E-state index >= 15 is 0 Å². The summed E-state index contributed by atoms with van der Waals surface area (Å²) in [5, 5.41) is 0. The topological polar surface area (TPSA) is 55.6 Å². The molecule has 0 spiro atoms. The van der Waals surface area contributed by atoms with Crippen LogP contribution in [-0.4, -0.2) is 25.7 Å². The fraction of sp³-hybridized carbons (Fsp3) is 0.588. The van der Waals surface area contributed by atoms with Gasteiger partial charge in [-0.15, -0.1) is 0 Å². The quantitative estimate of drug-likeness (QED) is 0.523. The van der Waals surface area contributed by atoms with E-state index in [1.165, 1.54) is 25.7 Å². The van der Waals surface area contributed by atoms with Gasteiger partial charge in [0, 0.05) is 13.1 Å². The van der Waals surface area contributed by atoms with Crippen LogP contribution >= 0.6 is 0 Å². The van der Waals surface area contributed by atoms with Gasteiger partial charge in [0.2, 0.25) is 0 Å². The molecule has 1 aliphatic carbocycles. The van der Waals surface area contributed by atoms with Crippen LogP contribution in [0, 0.1) is 0 Å². The Labute approximate surface area is 127 Å². The van der Waals surface area contributed by atoms with Crippen molar-refractivity contribution in [3.05, 3.63) is 23.8 Å². The van der Waals surface area contributed by atoms with Crippen molar-refractivity contribution in [3.8, 4) is 0 Å². The van der Waals surface area contributed by atoms with E-state index in [9.17, 15) is 4.79 Å². The molecule has 1 aromatic carbocycles. The van der Waals surface area contributed by atoms with E-state index in [1.807, 2.05) is 26.1 Å². The molecule has 0 saturated heterocycles. The first-order valence-electron chi connectivity index (χ1n) is 7.93. The zero-order valence-corrected chi connectivity index (χ0v) is 13.1. The Hall–Kier alpha value is -1.71. The standard InChI is InChI=1S/C17H26N2O2/c1-3-21-17(20)14-11-8-12-15(18)16(14)19(2)13-9-6-4-5-7-10-13/h8,11-13H,3-7,9-10,18H2,1-2H3. The number of rotatable bonds is 4. The van der Waals surface area contributed by atoms with Crippen molar-refractivity contribution in [2.45, 2.75) is 51.5 Å². The van der Waals surface area contributed by atoms with Gasteiger partial charge in [0.25, 0.3) is 0 Å². The third-order valence-corrected chi connectivity index (χ3v) is 4.29. The molecule has 1 fully saturated rings. The summed E-state index contributed by atoms with van der Waals surface area (Å²) in [6, 6.07) is 5.92. The van der Waals surface area contributed by atoms with Crippen LogP contribution in [0.5, 0.6) is 0 Å². The predicted octanol–water partition coefficient (Wildman–Crippen LogP) is 3.60. The first kappa shape index (κ1) is 15.7. The number of carbonyl (C=O) groups excluding carboxylic acids is 1. The van der Waals surface area contributed by atoms with Gasteiger partial charge < -0.3 is 15.4 Å². The maximum atomic E-state index is 12.2. The van der Waals surface area contributed by atoms with Crippen molar-refractivity contribution in [1.82, 2.24) is 0 Å². The van der Waals surface area contributed by atoms with Crippen LogP contribution in [0.3, 0.4) is 0 Å². The molecule has 1 aliphatic rings. The molecule has 0 aromatic heterocycles. The number of carbonyl (C=O) groups is 1. The van der Waals surface area contributed by atoms with E-state index in [0.717, 1.165) is 18.5 Å². The molecule has 0 bridgehead atoms. The molecule has 0 atom stereocenters. The van der Waals surface area contributed by atoms with Crippen molar-refractivity contribution >= 4 is 17.3 Å². The smallest absolute Gasteiger partial charge is 0.340 e. The summed E-state index contributed by atoms with van der Waals surface area (Å²) >= 11 is 0. The molecular weight excluding hydrogens is 264 g/mol. The molecule has 0 aliphatic heterocycles. The van der Waals surface area contributed by atoms with Gasteiger partial charge in [-0.05, 0) is 31.9 Å². The summed E-state index contributed by atoms with van der Waals surface area (Å²) in [6.45, 7) is 2.19. The fourth-order valence-electron chi connectivity index (χ4n) is 3.16. The number of benzene rings is 1.